The quantitative estimate of drug-likeness (QED) is 0.860. The van der Waals surface area contributed by atoms with E-state index in [9.17, 15) is 9.59 Å². The molecule has 7 heteroatoms. The minimum atomic E-state index is -1.00. The van der Waals surface area contributed by atoms with E-state index >= 15 is 0 Å². The molecule has 2 N–H and O–H groups in total. The molecule has 0 unspecified atom stereocenters. The van der Waals surface area contributed by atoms with Crippen molar-refractivity contribution in [3.63, 3.8) is 0 Å². The summed E-state index contributed by atoms with van der Waals surface area (Å²) < 4.78 is 5.13. The average Bonchev–Trinajstić information content (AvgIpc) is 2.52. The normalized spacial score (nSPS) is 10.2. The fourth-order valence-electron chi connectivity index (χ4n) is 1.98. The van der Waals surface area contributed by atoms with Crippen LogP contribution in [0.5, 0.6) is 5.75 Å². The van der Waals surface area contributed by atoms with Crippen molar-refractivity contribution in [1.29, 1.82) is 0 Å². The van der Waals surface area contributed by atoms with E-state index in [0.29, 0.717) is 5.02 Å². The molecule has 0 saturated carbocycles. The Morgan fingerprint density at radius 1 is 1.17 bits per heavy atom. The number of methoxy groups -OCH3 is 1. The highest BCUT2D eigenvalue weighted by Crippen LogP contribution is 2.32. The summed E-state index contributed by atoms with van der Waals surface area (Å²) in [6, 6.07) is 9.16. The summed E-state index contributed by atoms with van der Waals surface area (Å²) in [5.41, 5.74) is 1.17. The molecule has 1 amide bonds. The van der Waals surface area contributed by atoms with Crippen molar-refractivity contribution < 1.29 is 19.4 Å². The van der Waals surface area contributed by atoms with Crippen LogP contribution >= 0.6 is 23.2 Å². The van der Waals surface area contributed by atoms with Gasteiger partial charge < -0.3 is 15.2 Å². The largest absolute Gasteiger partial charge is 0.494 e. The maximum absolute atomic E-state index is 12.3. The molecule has 2 aromatic rings. The summed E-state index contributed by atoms with van der Waals surface area (Å²) in [6.07, 6.45) is 0. The first-order valence-corrected chi connectivity index (χ1v) is 7.31. The van der Waals surface area contributed by atoms with Crippen LogP contribution in [-0.4, -0.2) is 24.1 Å². The minimum absolute atomic E-state index is 0.184. The van der Waals surface area contributed by atoms with Gasteiger partial charge in [-0.15, -0.1) is 0 Å². The average molecular weight is 354 g/mol. The molecular weight excluding hydrogens is 341 g/mol. The highest BCUT2D eigenvalue weighted by molar-refractivity contribution is 6.36. The molecule has 0 aliphatic heterocycles. The molecule has 2 rings (SSSR count). The number of ether oxygens (including phenoxy) is 1. The lowest BCUT2D eigenvalue weighted by Crippen LogP contribution is -2.23. The van der Waals surface area contributed by atoms with Gasteiger partial charge in [-0.3, -0.25) is 4.79 Å². The van der Waals surface area contributed by atoms with Crippen LogP contribution in [0.4, 0.5) is 0 Å². The number of rotatable bonds is 5. The van der Waals surface area contributed by atoms with Crippen molar-refractivity contribution in [3.8, 4) is 5.75 Å². The van der Waals surface area contributed by atoms with Gasteiger partial charge in [-0.25, -0.2) is 4.79 Å². The lowest BCUT2D eigenvalue weighted by molar-refractivity contribution is 0.0696. The summed E-state index contributed by atoms with van der Waals surface area (Å²) in [5.74, 6) is -1.15. The molecule has 0 aliphatic carbocycles. The van der Waals surface area contributed by atoms with E-state index in [4.69, 9.17) is 33.0 Å². The highest BCUT2D eigenvalue weighted by Gasteiger charge is 2.16. The Morgan fingerprint density at radius 3 is 2.39 bits per heavy atom. The van der Waals surface area contributed by atoms with Gasteiger partial charge >= 0.3 is 5.97 Å². The zero-order valence-electron chi connectivity index (χ0n) is 12.1. The van der Waals surface area contributed by atoms with Crippen molar-refractivity contribution >= 4 is 35.1 Å². The lowest BCUT2D eigenvalue weighted by Gasteiger charge is -2.11. The molecule has 0 fully saturated rings. The standard InChI is InChI=1S/C16H13Cl2NO4/c1-23-14-12(6-11(17)7-13(14)18)15(20)19-8-9-2-4-10(5-3-9)16(21)22/h2-7H,8H2,1H3,(H,19,20)(H,21,22). The van der Waals surface area contributed by atoms with Crippen molar-refractivity contribution in [1.82, 2.24) is 5.32 Å². The van der Waals surface area contributed by atoms with Gasteiger partial charge in [0.15, 0.2) is 0 Å². The first-order valence-electron chi connectivity index (χ1n) is 6.56. The topological polar surface area (TPSA) is 75.6 Å². The molecule has 0 atom stereocenters. The number of aromatic carboxylic acids is 1. The highest BCUT2D eigenvalue weighted by atomic mass is 35.5. The van der Waals surface area contributed by atoms with Crippen LogP contribution in [-0.2, 0) is 6.54 Å². The van der Waals surface area contributed by atoms with E-state index in [2.05, 4.69) is 5.32 Å². The maximum Gasteiger partial charge on any atom is 0.335 e. The Bertz CT molecular complexity index is 744. The number of carbonyl (C=O) groups is 2. The fourth-order valence-corrected chi connectivity index (χ4v) is 2.55. The van der Waals surface area contributed by atoms with Gasteiger partial charge in [0.1, 0.15) is 5.75 Å². The fraction of sp³-hybridized carbons (Fsp3) is 0.125. The molecule has 0 aliphatic rings. The Kier molecular flexibility index (Phi) is 5.47. The molecule has 0 aromatic heterocycles. The van der Waals surface area contributed by atoms with E-state index in [1.165, 1.54) is 31.4 Å². The Balaban J connectivity index is 2.12. The van der Waals surface area contributed by atoms with Gasteiger partial charge in [0.2, 0.25) is 0 Å². The zero-order chi connectivity index (χ0) is 17.0. The van der Waals surface area contributed by atoms with Crippen LogP contribution in [0.1, 0.15) is 26.3 Å². The van der Waals surface area contributed by atoms with Crippen LogP contribution < -0.4 is 10.1 Å². The van der Waals surface area contributed by atoms with Gasteiger partial charge in [0, 0.05) is 11.6 Å². The molecule has 0 heterocycles. The van der Waals surface area contributed by atoms with Gasteiger partial charge in [-0.1, -0.05) is 35.3 Å². The minimum Gasteiger partial charge on any atom is -0.494 e. The van der Waals surface area contributed by atoms with Crippen molar-refractivity contribution in [3.05, 3.63) is 63.1 Å². The third kappa shape index (κ3) is 4.15. The van der Waals surface area contributed by atoms with Crippen LogP contribution in [0.25, 0.3) is 0 Å². The molecule has 5 nitrogen and oxygen atoms in total. The lowest BCUT2D eigenvalue weighted by atomic mass is 10.1. The molecule has 0 saturated heterocycles. The van der Waals surface area contributed by atoms with Crippen LogP contribution in [0, 0.1) is 0 Å². The van der Waals surface area contributed by atoms with Crippen molar-refractivity contribution in [2.75, 3.05) is 7.11 Å². The second kappa shape index (κ2) is 7.35. The predicted molar refractivity (Wildman–Crippen MR) is 87.6 cm³/mol. The monoisotopic (exact) mass is 353 g/mol. The predicted octanol–water partition coefficient (Wildman–Crippen LogP) is 3.63. The molecule has 120 valence electrons. The SMILES string of the molecule is COc1c(Cl)cc(Cl)cc1C(=O)NCc1ccc(C(=O)O)cc1. The van der Waals surface area contributed by atoms with E-state index in [-0.39, 0.29) is 28.4 Å². The summed E-state index contributed by atoms with van der Waals surface area (Å²) >= 11 is 11.9. The van der Waals surface area contributed by atoms with Gasteiger partial charge in [0.25, 0.3) is 5.91 Å². The van der Waals surface area contributed by atoms with E-state index < -0.39 is 11.9 Å². The maximum atomic E-state index is 12.3. The number of hydrogen-bond donors (Lipinski definition) is 2. The number of nitrogens with one attached hydrogen (secondary N) is 1. The van der Waals surface area contributed by atoms with Crippen LogP contribution in [0.3, 0.4) is 0 Å². The Labute approximate surface area is 142 Å². The molecule has 0 radical (unpaired) electrons. The molecule has 0 bridgehead atoms. The van der Waals surface area contributed by atoms with E-state index in [0.717, 1.165) is 5.56 Å². The van der Waals surface area contributed by atoms with Crippen LogP contribution in [0.15, 0.2) is 36.4 Å². The summed E-state index contributed by atoms with van der Waals surface area (Å²) in [7, 11) is 1.41. The van der Waals surface area contributed by atoms with Gasteiger partial charge in [-0.2, -0.15) is 0 Å². The smallest absolute Gasteiger partial charge is 0.335 e. The number of halogens is 2. The van der Waals surface area contributed by atoms with Gasteiger partial charge in [0.05, 0.1) is 23.3 Å². The Hall–Kier alpha value is -2.24. The number of carboxylic acids is 1. The van der Waals surface area contributed by atoms with Crippen molar-refractivity contribution in [2.24, 2.45) is 0 Å². The number of amides is 1. The molecule has 23 heavy (non-hydrogen) atoms. The number of carboxylic acid groups (broad SMARTS) is 1. The van der Waals surface area contributed by atoms with Crippen molar-refractivity contribution in [2.45, 2.75) is 6.54 Å². The number of carbonyl (C=O) groups excluding carboxylic acids is 1. The third-order valence-corrected chi connectivity index (χ3v) is 3.61. The van der Waals surface area contributed by atoms with Gasteiger partial charge in [-0.05, 0) is 29.8 Å². The number of hydrogen-bond acceptors (Lipinski definition) is 3. The first kappa shape index (κ1) is 17.1. The molecular formula is C16H13Cl2NO4. The number of benzene rings is 2. The zero-order valence-corrected chi connectivity index (χ0v) is 13.6. The first-order chi connectivity index (χ1) is 10.9. The van der Waals surface area contributed by atoms with E-state index in [1.807, 2.05) is 0 Å². The van der Waals surface area contributed by atoms with E-state index in [1.54, 1.807) is 12.1 Å². The summed E-state index contributed by atoms with van der Waals surface area (Å²) in [4.78, 5) is 23.1. The summed E-state index contributed by atoms with van der Waals surface area (Å²) in [6.45, 7) is 0.228. The molecule has 0 spiro atoms. The van der Waals surface area contributed by atoms with Crippen LogP contribution in [0.2, 0.25) is 10.0 Å². The molecule has 2 aromatic carbocycles. The second-order valence-electron chi connectivity index (χ2n) is 4.65. The third-order valence-electron chi connectivity index (χ3n) is 3.11. The summed E-state index contributed by atoms with van der Waals surface area (Å²) in [5, 5.41) is 12.1. The second-order valence-corrected chi connectivity index (χ2v) is 5.50. The Morgan fingerprint density at radius 2 is 1.83 bits per heavy atom.